The van der Waals surface area contributed by atoms with Crippen LogP contribution in [0.1, 0.15) is 0 Å². The second kappa shape index (κ2) is 8.20. The van der Waals surface area contributed by atoms with Gasteiger partial charge in [-0.05, 0) is 41.5 Å². The molecule has 0 aliphatic carbocycles. The third-order valence-corrected chi connectivity index (χ3v) is 5.48. The molecule has 0 amide bonds. The zero-order valence-electron chi connectivity index (χ0n) is 15.2. The van der Waals surface area contributed by atoms with E-state index in [4.69, 9.17) is 5.73 Å². The molecule has 0 aliphatic rings. The summed E-state index contributed by atoms with van der Waals surface area (Å²) in [7, 11) is -1.51. The Balaban J connectivity index is 1.68. The molecular formula is C22H17FN4OS. The monoisotopic (exact) mass is 404 g/mol. The summed E-state index contributed by atoms with van der Waals surface area (Å²) in [5, 5.41) is 0. The van der Waals surface area contributed by atoms with E-state index in [2.05, 4.69) is 14.7 Å². The van der Waals surface area contributed by atoms with Crippen molar-refractivity contribution < 1.29 is 8.60 Å². The van der Waals surface area contributed by atoms with Crippen LogP contribution in [0.25, 0.3) is 22.4 Å². The SMILES string of the molecule is Nc1cnc(-c2ccc(-c3ccccc3S(=O)Nc3ccccc3)cc2F)cn1. The summed E-state index contributed by atoms with van der Waals surface area (Å²) in [5.74, 6) is -0.175. The van der Waals surface area contributed by atoms with Crippen LogP contribution in [0.15, 0.2) is 90.1 Å². The fourth-order valence-corrected chi connectivity index (χ4v) is 3.95. The Kier molecular flexibility index (Phi) is 5.31. The molecule has 0 bridgehead atoms. The van der Waals surface area contributed by atoms with Crippen molar-refractivity contribution in [2.24, 2.45) is 0 Å². The number of halogens is 1. The van der Waals surface area contributed by atoms with Crippen LogP contribution >= 0.6 is 0 Å². The number of nitrogens with two attached hydrogens (primary N) is 1. The first-order chi connectivity index (χ1) is 14.1. The van der Waals surface area contributed by atoms with E-state index < -0.39 is 16.8 Å². The minimum atomic E-state index is -1.51. The maximum atomic E-state index is 14.8. The van der Waals surface area contributed by atoms with Gasteiger partial charge in [-0.1, -0.05) is 42.5 Å². The van der Waals surface area contributed by atoms with E-state index in [-0.39, 0.29) is 5.82 Å². The number of para-hydroxylation sites is 1. The number of anilines is 2. The fourth-order valence-electron chi connectivity index (χ4n) is 2.90. The van der Waals surface area contributed by atoms with Crippen LogP contribution in [0.3, 0.4) is 0 Å². The fraction of sp³-hybridized carbons (Fsp3) is 0. The van der Waals surface area contributed by atoms with E-state index in [0.29, 0.717) is 27.3 Å². The second-order valence-electron chi connectivity index (χ2n) is 6.25. The first kappa shape index (κ1) is 18.8. The van der Waals surface area contributed by atoms with Gasteiger partial charge in [0.25, 0.3) is 0 Å². The van der Waals surface area contributed by atoms with Gasteiger partial charge in [-0.2, -0.15) is 0 Å². The molecule has 3 aromatic carbocycles. The maximum Gasteiger partial charge on any atom is 0.150 e. The molecule has 0 radical (unpaired) electrons. The summed E-state index contributed by atoms with van der Waals surface area (Å²) in [6, 6.07) is 21.3. The first-order valence-corrected chi connectivity index (χ1v) is 9.97. The Bertz CT molecular complexity index is 1170. The van der Waals surface area contributed by atoms with Gasteiger partial charge in [-0.3, -0.25) is 4.98 Å². The molecule has 4 rings (SSSR count). The van der Waals surface area contributed by atoms with E-state index in [1.807, 2.05) is 42.5 Å². The van der Waals surface area contributed by atoms with Crippen LogP contribution in [0, 0.1) is 5.82 Å². The number of nitrogen functional groups attached to an aromatic ring is 1. The summed E-state index contributed by atoms with van der Waals surface area (Å²) < 4.78 is 30.7. The number of rotatable bonds is 5. The van der Waals surface area contributed by atoms with Gasteiger partial charge in [0.1, 0.15) is 11.6 Å². The summed E-state index contributed by atoms with van der Waals surface area (Å²) in [5.41, 5.74) is 8.30. The minimum absolute atomic E-state index is 0.271. The van der Waals surface area contributed by atoms with Gasteiger partial charge < -0.3 is 10.5 Å². The van der Waals surface area contributed by atoms with E-state index in [0.717, 1.165) is 5.69 Å². The predicted octanol–water partition coefficient (Wildman–Crippen LogP) is 4.67. The molecule has 4 aromatic rings. The topological polar surface area (TPSA) is 80.9 Å². The Labute approximate surface area is 170 Å². The second-order valence-corrected chi connectivity index (χ2v) is 7.44. The van der Waals surface area contributed by atoms with Gasteiger partial charge >= 0.3 is 0 Å². The lowest BCUT2D eigenvalue weighted by molar-refractivity contribution is 0.631. The number of hydrogen-bond donors (Lipinski definition) is 2. The average Bonchev–Trinajstić information content (AvgIpc) is 2.75. The van der Waals surface area contributed by atoms with E-state index in [1.54, 1.807) is 24.3 Å². The molecular weight excluding hydrogens is 387 g/mol. The minimum Gasteiger partial charge on any atom is -0.382 e. The zero-order valence-corrected chi connectivity index (χ0v) is 16.1. The average molecular weight is 404 g/mol. The molecule has 0 fully saturated rings. The van der Waals surface area contributed by atoms with Gasteiger partial charge in [-0.15, -0.1) is 0 Å². The number of benzene rings is 3. The van der Waals surface area contributed by atoms with Crippen molar-refractivity contribution in [2.75, 3.05) is 10.5 Å². The zero-order chi connectivity index (χ0) is 20.2. The number of nitrogens with zero attached hydrogens (tertiary/aromatic N) is 2. The van der Waals surface area contributed by atoms with Crippen LogP contribution in [-0.2, 0) is 11.0 Å². The molecule has 1 heterocycles. The predicted molar refractivity (Wildman–Crippen MR) is 114 cm³/mol. The molecule has 0 spiro atoms. The third-order valence-electron chi connectivity index (χ3n) is 4.30. The van der Waals surface area contributed by atoms with Crippen molar-refractivity contribution in [3.63, 3.8) is 0 Å². The maximum absolute atomic E-state index is 14.8. The van der Waals surface area contributed by atoms with Gasteiger partial charge in [-0.25, -0.2) is 13.6 Å². The number of hydrogen-bond acceptors (Lipinski definition) is 4. The highest BCUT2D eigenvalue weighted by atomic mass is 32.2. The van der Waals surface area contributed by atoms with Crippen LogP contribution in [-0.4, -0.2) is 14.2 Å². The van der Waals surface area contributed by atoms with Gasteiger partial charge in [0.2, 0.25) is 0 Å². The smallest absolute Gasteiger partial charge is 0.150 e. The summed E-state index contributed by atoms with van der Waals surface area (Å²) in [6.07, 6.45) is 2.82. The molecule has 0 saturated heterocycles. The first-order valence-electron chi connectivity index (χ1n) is 8.82. The van der Waals surface area contributed by atoms with Crippen LogP contribution in [0.4, 0.5) is 15.9 Å². The molecule has 1 atom stereocenters. The molecule has 1 aromatic heterocycles. The van der Waals surface area contributed by atoms with E-state index in [9.17, 15) is 8.60 Å². The summed E-state index contributed by atoms with van der Waals surface area (Å²) in [6.45, 7) is 0. The quantitative estimate of drug-likeness (QED) is 0.507. The molecule has 0 saturated carbocycles. The normalized spacial score (nSPS) is 11.8. The lowest BCUT2D eigenvalue weighted by Gasteiger charge is -2.12. The van der Waals surface area contributed by atoms with E-state index in [1.165, 1.54) is 18.5 Å². The summed E-state index contributed by atoms with van der Waals surface area (Å²) >= 11 is 0. The number of nitrogens with one attached hydrogen (secondary N) is 1. The lowest BCUT2D eigenvalue weighted by atomic mass is 10.0. The van der Waals surface area contributed by atoms with Crippen molar-refractivity contribution in [3.8, 4) is 22.4 Å². The molecule has 0 aliphatic heterocycles. The number of aromatic nitrogens is 2. The van der Waals surface area contributed by atoms with Crippen molar-refractivity contribution in [1.29, 1.82) is 0 Å². The standard InChI is InChI=1S/C22H17FN4OS/c23-19-12-15(10-11-18(19)20-13-26-22(24)14-25-20)17-8-4-5-9-21(17)29(28)27-16-6-2-1-3-7-16/h1-14,27H,(H2,24,26). The van der Waals surface area contributed by atoms with Gasteiger partial charge in [0.15, 0.2) is 11.0 Å². The van der Waals surface area contributed by atoms with Crippen LogP contribution in [0.5, 0.6) is 0 Å². The van der Waals surface area contributed by atoms with Crippen LogP contribution < -0.4 is 10.5 Å². The van der Waals surface area contributed by atoms with Crippen LogP contribution in [0.2, 0.25) is 0 Å². The third kappa shape index (κ3) is 4.14. The Hall–Kier alpha value is -3.58. The summed E-state index contributed by atoms with van der Waals surface area (Å²) in [4.78, 5) is 8.64. The van der Waals surface area contributed by atoms with Crippen molar-refractivity contribution >= 4 is 22.5 Å². The van der Waals surface area contributed by atoms with Crippen molar-refractivity contribution in [3.05, 3.63) is 91.0 Å². The highest BCUT2D eigenvalue weighted by Crippen LogP contribution is 2.30. The van der Waals surface area contributed by atoms with Crippen molar-refractivity contribution in [1.82, 2.24) is 9.97 Å². The van der Waals surface area contributed by atoms with Crippen molar-refractivity contribution in [2.45, 2.75) is 4.90 Å². The Morgan fingerprint density at radius 3 is 2.34 bits per heavy atom. The van der Waals surface area contributed by atoms with Gasteiger partial charge in [0.05, 0.1) is 23.0 Å². The molecule has 3 N–H and O–H groups in total. The lowest BCUT2D eigenvalue weighted by Crippen LogP contribution is -2.06. The molecule has 5 nitrogen and oxygen atoms in total. The Morgan fingerprint density at radius 1 is 0.862 bits per heavy atom. The van der Waals surface area contributed by atoms with E-state index >= 15 is 0 Å². The molecule has 7 heteroatoms. The Morgan fingerprint density at radius 2 is 1.62 bits per heavy atom. The highest BCUT2D eigenvalue weighted by molar-refractivity contribution is 7.86. The molecule has 1 unspecified atom stereocenters. The largest absolute Gasteiger partial charge is 0.382 e. The molecule has 144 valence electrons. The van der Waals surface area contributed by atoms with Gasteiger partial charge in [0, 0.05) is 11.3 Å². The molecule has 29 heavy (non-hydrogen) atoms. The highest BCUT2D eigenvalue weighted by Gasteiger charge is 2.14.